The topological polar surface area (TPSA) is 119 Å². The maximum absolute atomic E-state index is 13.6. The molecule has 14 heteroatoms. The zero-order valence-electron chi connectivity index (χ0n) is 28.3. The number of ether oxygens (including phenoxy) is 2. The Morgan fingerprint density at radius 1 is 1.10 bits per heavy atom. The van der Waals surface area contributed by atoms with Gasteiger partial charge in [-0.2, -0.15) is 0 Å². The molecule has 2 aromatic heterocycles. The van der Waals surface area contributed by atoms with E-state index in [2.05, 4.69) is 4.98 Å². The van der Waals surface area contributed by atoms with Gasteiger partial charge < -0.3 is 19.5 Å². The van der Waals surface area contributed by atoms with Gasteiger partial charge in [-0.1, -0.05) is 35.9 Å². The Kier molecular flexibility index (Phi) is 9.77. The van der Waals surface area contributed by atoms with E-state index in [-0.39, 0.29) is 72.2 Å². The van der Waals surface area contributed by atoms with Crippen LogP contribution in [-0.2, 0) is 16.0 Å². The lowest BCUT2D eigenvalue weighted by Gasteiger charge is -2.39. The number of halogens is 3. The van der Waals surface area contributed by atoms with E-state index in [1.165, 1.54) is 35.2 Å². The number of fused-ring (bicyclic) bond motifs is 1. The highest BCUT2D eigenvalue weighted by Gasteiger charge is 2.36. The Bertz CT molecular complexity index is 1930. The third kappa shape index (κ3) is 7.40. The first kappa shape index (κ1) is 35.5. The molecule has 2 aromatic carbocycles. The number of carbonyl (C=O) groups excluding carboxylic acids is 2. The molecule has 6 rings (SSSR count). The summed E-state index contributed by atoms with van der Waals surface area (Å²) in [5, 5.41) is 11.9. The summed E-state index contributed by atoms with van der Waals surface area (Å²) < 4.78 is 40.4. The fourth-order valence-corrected chi connectivity index (χ4v) is 6.73. The molecule has 2 fully saturated rings. The van der Waals surface area contributed by atoms with Gasteiger partial charge in [-0.05, 0) is 76.4 Å². The third-order valence-corrected chi connectivity index (χ3v) is 9.41. The number of hydrogen-bond acceptors (Lipinski definition) is 7. The van der Waals surface area contributed by atoms with Gasteiger partial charge >= 0.3 is 6.09 Å². The molecule has 2 saturated heterocycles. The van der Waals surface area contributed by atoms with Crippen LogP contribution in [0.25, 0.3) is 16.7 Å². The number of aliphatic hydroxyl groups is 1. The second-order valence-corrected chi connectivity index (χ2v) is 14.4. The van der Waals surface area contributed by atoms with Gasteiger partial charge in [0.15, 0.2) is 5.65 Å². The quantitative estimate of drug-likeness (QED) is 0.255. The van der Waals surface area contributed by atoms with Crippen LogP contribution in [0.1, 0.15) is 74.5 Å². The minimum absolute atomic E-state index is 0.0341. The smallest absolute Gasteiger partial charge is 0.410 e. The predicted octanol–water partition coefficient (Wildman–Crippen LogP) is 6.14. The molecule has 2 atom stereocenters. The van der Waals surface area contributed by atoms with Gasteiger partial charge in [-0.25, -0.2) is 18.6 Å². The second kappa shape index (κ2) is 13.8. The molecule has 50 heavy (non-hydrogen) atoms. The van der Waals surface area contributed by atoms with Crippen LogP contribution in [0, 0.1) is 0 Å². The molecule has 11 nitrogen and oxygen atoms in total. The number of benzene rings is 2. The molecule has 0 bridgehead atoms. The number of aromatic nitrogens is 3. The average Bonchev–Trinajstić information content (AvgIpc) is 3.42. The van der Waals surface area contributed by atoms with Crippen LogP contribution < -0.4 is 5.56 Å². The molecule has 2 aliphatic rings. The largest absolute Gasteiger partial charge is 0.444 e. The first-order valence-corrected chi connectivity index (χ1v) is 16.9. The van der Waals surface area contributed by atoms with Crippen molar-refractivity contribution >= 4 is 34.6 Å². The minimum atomic E-state index is -2.62. The Morgan fingerprint density at radius 3 is 2.38 bits per heavy atom. The normalized spacial score (nSPS) is 19.6. The fourth-order valence-electron chi connectivity index (χ4n) is 6.45. The van der Waals surface area contributed by atoms with Gasteiger partial charge in [0.2, 0.25) is 0 Å². The van der Waals surface area contributed by atoms with Crippen LogP contribution in [0.4, 0.5) is 13.6 Å². The molecule has 2 amide bonds. The van der Waals surface area contributed by atoms with E-state index in [0.717, 1.165) is 5.56 Å². The van der Waals surface area contributed by atoms with E-state index in [4.69, 9.17) is 21.1 Å². The number of nitrogens with zero attached hydrogens (tertiary/aromatic N) is 5. The number of alkyl halides is 2. The van der Waals surface area contributed by atoms with Crippen LogP contribution in [0.15, 0.2) is 65.7 Å². The monoisotopic (exact) mass is 711 g/mol. The van der Waals surface area contributed by atoms with Crippen molar-refractivity contribution in [1.29, 1.82) is 0 Å². The molecule has 1 N–H and O–H groups in total. The van der Waals surface area contributed by atoms with Crippen molar-refractivity contribution in [2.75, 3.05) is 26.2 Å². The fraction of sp³-hybridized carbons (Fsp3) is 0.444. The van der Waals surface area contributed by atoms with Crippen molar-refractivity contribution in [1.82, 2.24) is 23.9 Å². The Labute approximate surface area is 293 Å². The average molecular weight is 712 g/mol. The molecule has 0 aliphatic carbocycles. The summed E-state index contributed by atoms with van der Waals surface area (Å²) in [5.74, 6) is -0.306. The van der Waals surface area contributed by atoms with Crippen LogP contribution in [0.2, 0.25) is 5.15 Å². The van der Waals surface area contributed by atoms with Crippen molar-refractivity contribution in [2.24, 2.45) is 0 Å². The summed E-state index contributed by atoms with van der Waals surface area (Å²) >= 11 is 6.66. The summed E-state index contributed by atoms with van der Waals surface area (Å²) in [5.41, 5.74) is -0.301. The zero-order valence-corrected chi connectivity index (χ0v) is 29.1. The van der Waals surface area contributed by atoms with E-state index in [9.17, 15) is 28.3 Å². The first-order valence-electron chi connectivity index (χ1n) is 16.5. The molecule has 0 radical (unpaired) electrons. The van der Waals surface area contributed by atoms with Crippen molar-refractivity contribution in [3.8, 4) is 5.69 Å². The standard InChI is InChI=1S/C36H40ClF2N5O6/c1-22-18-43(34(47)50-35(2,3)4)28(19-49-22)23-9-11-26(12-10-23)44-29(37)17-27-31(44)40-21-42(33(27)46)20-36(48)13-15-41(16-14-36)32(45)25-7-5-24(6-8-25)30(38)39/h5-12,17,21-22,28,30,48H,13-16,18-20H2,1-4H3/t22-,28-/m0/s1. The maximum atomic E-state index is 13.6. The van der Waals surface area contributed by atoms with Crippen LogP contribution >= 0.6 is 11.6 Å². The predicted molar refractivity (Wildman–Crippen MR) is 183 cm³/mol. The number of rotatable bonds is 6. The third-order valence-electron chi connectivity index (χ3n) is 9.13. The summed E-state index contributed by atoms with van der Waals surface area (Å²) in [7, 11) is 0. The molecule has 0 saturated carbocycles. The van der Waals surface area contributed by atoms with Crippen LogP contribution in [0.3, 0.4) is 0 Å². The van der Waals surface area contributed by atoms with Crippen molar-refractivity contribution < 1.29 is 33.0 Å². The minimum Gasteiger partial charge on any atom is -0.444 e. The van der Waals surface area contributed by atoms with E-state index in [1.54, 1.807) is 20.4 Å². The van der Waals surface area contributed by atoms with Crippen molar-refractivity contribution in [2.45, 2.75) is 76.9 Å². The summed E-state index contributed by atoms with van der Waals surface area (Å²) in [6.45, 7) is 8.52. The van der Waals surface area contributed by atoms with E-state index in [1.807, 2.05) is 52.0 Å². The van der Waals surface area contributed by atoms with Gasteiger partial charge in [-0.15, -0.1) is 0 Å². The zero-order chi connectivity index (χ0) is 36.0. The molecular weight excluding hydrogens is 672 g/mol. The van der Waals surface area contributed by atoms with Gasteiger partial charge in [0, 0.05) is 29.9 Å². The van der Waals surface area contributed by atoms with E-state index >= 15 is 0 Å². The highest BCUT2D eigenvalue weighted by molar-refractivity contribution is 6.31. The van der Waals surface area contributed by atoms with E-state index < -0.39 is 23.7 Å². The number of piperidine rings is 1. The Balaban J connectivity index is 1.16. The molecule has 0 spiro atoms. The van der Waals surface area contributed by atoms with Gasteiger partial charge in [0.05, 0.1) is 42.8 Å². The van der Waals surface area contributed by atoms with Crippen LogP contribution in [0.5, 0.6) is 0 Å². The molecule has 4 aromatic rings. The van der Waals surface area contributed by atoms with Crippen molar-refractivity contribution in [3.63, 3.8) is 0 Å². The Morgan fingerprint density at radius 2 is 1.76 bits per heavy atom. The second-order valence-electron chi connectivity index (χ2n) is 14.0. The number of morpholine rings is 1. The lowest BCUT2D eigenvalue weighted by Crippen LogP contribution is -2.49. The summed E-state index contributed by atoms with van der Waals surface area (Å²) in [4.78, 5) is 47.4. The SMILES string of the molecule is C[C@H]1CN(C(=O)OC(C)(C)C)[C@H](c2ccc(-n3c(Cl)cc4c(=O)n(CC5(O)CCN(C(=O)c6ccc(C(F)F)cc6)CC5)cnc43)cc2)CO1. The molecule has 4 heterocycles. The number of hydrogen-bond donors (Lipinski definition) is 1. The van der Waals surface area contributed by atoms with Gasteiger partial charge in [-0.3, -0.25) is 23.6 Å². The Hall–Kier alpha value is -4.33. The van der Waals surface area contributed by atoms with Gasteiger partial charge in [0.25, 0.3) is 17.9 Å². The lowest BCUT2D eigenvalue weighted by molar-refractivity contribution is -0.0644. The van der Waals surface area contributed by atoms with E-state index in [0.29, 0.717) is 30.0 Å². The summed E-state index contributed by atoms with van der Waals surface area (Å²) in [6.07, 6.45) is -1.36. The number of amides is 2. The summed E-state index contributed by atoms with van der Waals surface area (Å²) in [6, 6.07) is 13.8. The first-order chi connectivity index (χ1) is 23.6. The highest BCUT2D eigenvalue weighted by Crippen LogP contribution is 2.31. The number of likely N-dealkylation sites (tertiary alicyclic amines) is 1. The molecule has 2 aliphatic heterocycles. The highest BCUT2D eigenvalue weighted by atomic mass is 35.5. The van der Waals surface area contributed by atoms with Gasteiger partial charge in [0.1, 0.15) is 17.1 Å². The molecule has 266 valence electrons. The van der Waals surface area contributed by atoms with Crippen LogP contribution in [-0.4, -0.2) is 84.6 Å². The lowest BCUT2D eigenvalue weighted by atomic mass is 9.91. The molecular formula is C36H40ClF2N5O6. The molecule has 0 unspecified atom stereocenters. The maximum Gasteiger partial charge on any atom is 0.410 e. The number of carbonyl (C=O) groups is 2. The van der Waals surface area contributed by atoms with Crippen molar-refractivity contribution in [3.05, 3.63) is 93.1 Å².